The maximum atomic E-state index is 13.5. The monoisotopic (exact) mass is 413 g/mol. The van der Waals surface area contributed by atoms with Crippen LogP contribution in [0.25, 0.3) is 10.9 Å². The third-order valence-electron chi connectivity index (χ3n) is 6.66. The number of anilines is 1. The summed E-state index contributed by atoms with van der Waals surface area (Å²) in [7, 11) is 0. The molecule has 2 aromatic carbocycles. The van der Waals surface area contributed by atoms with E-state index in [0.29, 0.717) is 30.3 Å². The summed E-state index contributed by atoms with van der Waals surface area (Å²) in [5.41, 5.74) is 2.55. The summed E-state index contributed by atoms with van der Waals surface area (Å²) in [6.07, 6.45) is 6.65. The zero-order valence-corrected chi connectivity index (χ0v) is 17.6. The number of para-hydroxylation sites is 1. The van der Waals surface area contributed by atoms with E-state index in [-0.39, 0.29) is 11.8 Å². The highest BCUT2D eigenvalue weighted by molar-refractivity contribution is 6.03. The van der Waals surface area contributed by atoms with Crippen molar-refractivity contribution in [3.05, 3.63) is 71.8 Å². The molecule has 5 rings (SSSR count). The number of nitrogens with zero attached hydrogens (tertiary/aromatic N) is 2. The fourth-order valence-corrected chi connectivity index (χ4v) is 4.99. The van der Waals surface area contributed by atoms with Crippen molar-refractivity contribution in [3.63, 3.8) is 0 Å². The van der Waals surface area contributed by atoms with Crippen molar-refractivity contribution in [2.75, 3.05) is 5.32 Å². The first-order valence-electron chi connectivity index (χ1n) is 11.2. The van der Waals surface area contributed by atoms with Crippen LogP contribution in [0.2, 0.25) is 0 Å². The van der Waals surface area contributed by atoms with Gasteiger partial charge in [-0.05, 0) is 42.2 Å². The Bertz CT molecular complexity index is 1120. The zero-order chi connectivity index (χ0) is 21.2. The van der Waals surface area contributed by atoms with E-state index >= 15 is 0 Å². The second-order valence-electron chi connectivity index (χ2n) is 8.72. The normalized spacial score (nSPS) is 17.5. The first kappa shape index (κ1) is 19.7. The quantitative estimate of drug-likeness (QED) is 0.628. The molecule has 5 heteroatoms. The molecule has 1 aromatic heterocycles. The van der Waals surface area contributed by atoms with Crippen LogP contribution in [-0.2, 0) is 11.3 Å². The lowest BCUT2D eigenvalue weighted by atomic mass is 9.84. The molecule has 158 valence electrons. The molecule has 2 heterocycles. The van der Waals surface area contributed by atoms with E-state index in [0.717, 1.165) is 29.3 Å². The molecular formula is C26H27N3O2. The molecule has 0 unspecified atom stereocenters. The minimum absolute atomic E-state index is 0.0435. The van der Waals surface area contributed by atoms with E-state index < -0.39 is 6.04 Å². The number of hydrogen-bond donors (Lipinski definition) is 1. The number of benzene rings is 2. The molecule has 5 nitrogen and oxygen atoms in total. The minimum atomic E-state index is -0.490. The molecule has 0 radical (unpaired) electrons. The Morgan fingerprint density at radius 1 is 1.00 bits per heavy atom. The molecule has 1 aliphatic carbocycles. The fourth-order valence-electron chi connectivity index (χ4n) is 4.99. The average molecular weight is 414 g/mol. The number of hydrogen-bond acceptors (Lipinski definition) is 3. The van der Waals surface area contributed by atoms with Gasteiger partial charge in [-0.3, -0.25) is 9.59 Å². The predicted molar refractivity (Wildman–Crippen MR) is 122 cm³/mol. The Balaban J connectivity index is 1.40. The maximum absolute atomic E-state index is 13.5. The molecule has 2 amide bonds. The van der Waals surface area contributed by atoms with E-state index in [4.69, 9.17) is 0 Å². The lowest BCUT2D eigenvalue weighted by molar-refractivity contribution is -0.121. The van der Waals surface area contributed by atoms with Crippen LogP contribution in [0.3, 0.4) is 0 Å². The molecule has 2 aliphatic rings. The van der Waals surface area contributed by atoms with Gasteiger partial charge in [-0.1, -0.05) is 68.5 Å². The molecule has 1 N–H and O–H groups in total. The average Bonchev–Trinajstić information content (AvgIpc) is 3.14. The van der Waals surface area contributed by atoms with E-state index in [1.165, 1.54) is 19.3 Å². The van der Waals surface area contributed by atoms with Crippen LogP contribution < -0.4 is 5.32 Å². The number of amides is 2. The van der Waals surface area contributed by atoms with Crippen molar-refractivity contribution in [1.82, 2.24) is 9.88 Å². The van der Waals surface area contributed by atoms with Crippen molar-refractivity contribution >= 4 is 28.5 Å². The molecule has 1 aliphatic heterocycles. The molecule has 1 saturated carbocycles. The highest BCUT2D eigenvalue weighted by Crippen LogP contribution is 2.32. The highest BCUT2D eigenvalue weighted by Gasteiger charge is 2.37. The van der Waals surface area contributed by atoms with Crippen LogP contribution >= 0.6 is 0 Å². The summed E-state index contributed by atoms with van der Waals surface area (Å²) in [5, 5.41) is 4.04. The van der Waals surface area contributed by atoms with Crippen LogP contribution in [0, 0.1) is 5.92 Å². The third-order valence-corrected chi connectivity index (χ3v) is 6.66. The Kier molecular flexibility index (Phi) is 5.41. The Hall–Kier alpha value is -3.21. The van der Waals surface area contributed by atoms with Crippen LogP contribution in [0.1, 0.15) is 54.4 Å². The van der Waals surface area contributed by atoms with Gasteiger partial charge in [0.2, 0.25) is 5.91 Å². The van der Waals surface area contributed by atoms with E-state index in [1.807, 2.05) is 60.7 Å². The molecule has 0 spiro atoms. The lowest BCUT2D eigenvalue weighted by Gasteiger charge is -2.31. The molecular weight excluding hydrogens is 386 g/mol. The van der Waals surface area contributed by atoms with Gasteiger partial charge in [0.25, 0.3) is 5.91 Å². The summed E-state index contributed by atoms with van der Waals surface area (Å²) in [4.78, 5) is 33.0. The van der Waals surface area contributed by atoms with Gasteiger partial charge in [-0.25, -0.2) is 4.98 Å². The zero-order valence-electron chi connectivity index (χ0n) is 17.6. The Labute approximate surface area is 182 Å². The second kappa shape index (κ2) is 8.50. The van der Waals surface area contributed by atoms with Crippen LogP contribution in [-0.4, -0.2) is 27.7 Å². The van der Waals surface area contributed by atoms with Crippen molar-refractivity contribution in [2.24, 2.45) is 5.92 Å². The summed E-state index contributed by atoms with van der Waals surface area (Å²) < 4.78 is 0. The van der Waals surface area contributed by atoms with Crippen molar-refractivity contribution in [1.29, 1.82) is 0 Å². The minimum Gasteiger partial charge on any atom is -0.322 e. The summed E-state index contributed by atoms with van der Waals surface area (Å²) in [6.45, 7) is 0.491. The molecule has 3 aromatic rings. The van der Waals surface area contributed by atoms with Crippen molar-refractivity contribution in [3.8, 4) is 0 Å². The number of aromatic nitrogens is 1. The molecule has 0 bridgehead atoms. The number of carbonyl (C=O) groups excluding carboxylic acids is 2. The molecule has 0 saturated heterocycles. The number of carbonyl (C=O) groups is 2. The van der Waals surface area contributed by atoms with Gasteiger partial charge in [0.05, 0.1) is 5.52 Å². The second-order valence-corrected chi connectivity index (χ2v) is 8.72. The van der Waals surface area contributed by atoms with Gasteiger partial charge >= 0.3 is 0 Å². The van der Waals surface area contributed by atoms with Gasteiger partial charge in [-0.15, -0.1) is 0 Å². The SMILES string of the molecule is O=C(Nc1ccc2ccccc2n1)[C@H](CC1CCCCC1)N1Cc2ccccc2C1=O. The van der Waals surface area contributed by atoms with Crippen LogP contribution in [0.5, 0.6) is 0 Å². The van der Waals surface area contributed by atoms with Gasteiger partial charge < -0.3 is 10.2 Å². The Morgan fingerprint density at radius 3 is 2.61 bits per heavy atom. The van der Waals surface area contributed by atoms with Gasteiger partial charge in [0.15, 0.2) is 0 Å². The smallest absolute Gasteiger partial charge is 0.255 e. The number of pyridine rings is 1. The van der Waals surface area contributed by atoms with Gasteiger partial charge in [-0.2, -0.15) is 0 Å². The first-order valence-corrected chi connectivity index (χ1v) is 11.2. The summed E-state index contributed by atoms with van der Waals surface area (Å²) in [6, 6.07) is 18.8. The molecule has 31 heavy (non-hydrogen) atoms. The van der Waals surface area contributed by atoms with E-state index in [9.17, 15) is 9.59 Å². The number of nitrogens with one attached hydrogen (secondary N) is 1. The van der Waals surface area contributed by atoms with Gasteiger partial charge in [0.1, 0.15) is 11.9 Å². The fraction of sp³-hybridized carbons (Fsp3) is 0.346. The van der Waals surface area contributed by atoms with Crippen molar-refractivity contribution in [2.45, 2.75) is 51.1 Å². The standard InChI is InChI=1S/C26H27N3O2/c30-25(28-24-15-14-19-10-5-7-13-22(19)27-24)23(16-18-8-2-1-3-9-18)29-17-20-11-4-6-12-21(20)26(29)31/h4-7,10-15,18,23H,1-3,8-9,16-17H2,(H,27,28,30)/t23-/m0/s1. The molecule has 1 fully saturated rings. The highest BCUT2D eigenvalue weighted by atomic mass is 16.2. The Morgan fingerprint density at radius 2 is 1.77 bits per heavy atom. The topological polar surface area (TPSA) is 62.3 Å². The first-order chi connectivity index (χ1) is 15.2. The number of fused-ring (bicyclic) bond motifs is 2. The maximum Gasteiger partial charge on any atom is 0.255 e. The summed E-state index contributed by atoms with van der Waals surface area (Å²) >= 11 is 0. The van der Waals surface area contributed by atoms with Gasteiger partial charge in [0, 0.05) is 17.5 Å². The van der Waals surface area contributed by atoms with Crippen molar-refractivity contribution < 1.29 is 9.59 Å². The van der Waals surface area contributed by atoms with Crippen LogP contribution in [0.15, 0.2) is 60.7 Å². The number of rotatable bonds is 5. The predicted octanol–water partition coefficient (Wildman–Crippen LogP) is 5.17. The largest absolute Gasteiger partial charge is 0.322 e. The molecule has 1 atom stereocenters. The third kappa shape index (κ3) is 4.05. The lowest BCUT2D eigenvalue weighted by Crippen LogP contribution is -2.45. The summed E-state index contributed by atoms with van der Waals surface area (Å²) in [5.74, 6) is 0.819. The van der Waals surface area contributed by atoms with E-state index in [1.54, 1.807) is 4.90 Å². The van der Waals surface area contributed by atoms with E-state index in [2.05, 4.69) is 10.3 Å². The van der Waals surface area contributed by atoms with Crippen LogP contribution in [0.4, 0.5) is 5.82 Å².